The summed E-state index contributed by atoms with van der Waals surface area (Å²) in [5.74, 6) is 0.708. The van der Waals surface area contributed by atoms with E-state index in [0.29, 0.717) is 5.82 Å². The zero-order valence-corrected chi connectivity index (χ0v) is 30.2. The van der Waals surface area contributed by atoms with E-state index in [1.807, 2.05) is 36.4 Å². The van der Waals surface area contributed by atoms with Gasteiger partial charge in [-0.3, -0.25) is 0 Å². The van der Waals surface area contributed by atoms with Gasteiger partial charge in [-0.25, -0.2) is 9.97 Å². The van der Waals surface area contributed by atoms with Crippen molar-refractivity contribution in [1.29, 1.82) is 0 Å². The van der Waals surface area contributed by atoms with Crippen LogP contribution in [-0.2, 0) is 5.41 Å². The monoisotopic (exact) mass is 700 g/mol. The minimum Gasteiger partial charge on any atom is -0.228 e. The minimum atomic E-state index is -0.432. The Morgan fingerprint density at radius 3 is 1.31 bits per heavy atom. The molecule has 10 rings (SSSR count). The van der Waals surface area contributed by atoms with Gasteiger partial charge in [-0.05, 0) is 73.8 Å². The van der Waals surface area contributed by atoms with Crippen LogP contribution in [0.25, 0.3) is 67.3 Å². The van der Waals surface area contributed by atoms with E-state index in [-0.39, 0.29) is 0 Å². The minimum absolute atomic E-state index is 0.432. The highest BCUT2D eigenvalue weighted by molar-refractivity contribution is 5.89. The van der Waals surface area contributed by atoms with E-state index in [1.54, 1.807) is 0 Å². The van der Waals surface area contributed by atoms with Crippen molar-refractivity contribution >= 4 is 0 Å². The second-order valence-corrected chi connectivity index (χ2v) is 14.1. The Balaban J connectivity index is 1.04. The summed E-state index contributed by atoms with van der Waals surface area (Å²) in [6.45, 7) is 0. The van der Waals surface area contributed by atoms with Crippen LogP contribution in [0.1, 0.15) is 22.3 Å². The molecule has 1 aliphatic carbocycles. The molecule has 0 fully saturated rings. The number of aromatic nitrogens is 2. The maximum atomic E-state index is 5.04. The lowest BCUT2D eigenvalue weighted by Crippen LogP contribution is -2.28. The summed E-state index contributed by atoms with van der Waals surface area (Å²) in [6, 6.07) is 78.2. The Labute approximate surface area is 322 Å². The molecule has 0 saturated heterocycles. The molecule has 0 amide bonds. The van der Waals surface area contributed by atoms with Gasteiger partial charge in [-0.15, -0.1) is 0 Å². The zero-order chi connectivity index (χ0) is 36.6. The van der Waals surface area contributed by atoms with Gasteiger partial charge in [0.05, 0.1) is 16.8 Å². The number of rotatable bonds is 7. The average molecular weight is 701 g/mol. The standard InChI is InChI=1S/C53H36N2/c1-5-16-38(17-6-1)50-36-51(39-18-7-2-8-19-39)55-52(54-50)40-30-28-37(29-31-40)41-20-15-21-42(34-41)43-32-33-47-46-26-13-14-27-48(46)53(49(47)35-43,44-22-9-3-10-23-44)45-24-11-4-12-25-45/h1-36H. The molecule has 1 aliphatic rings. The third kappa shape index (κ3) is 5.67. The molecule has 55 heavy (non-hydrogen) atoms. The Morgan fingerprint density at radius 2 is 0.709 bits per heavy atom. The highest BCUT2D eigenvalue weighted by Crippen LogP contribution is 2.56. The molecular formula is C53H36N2. The number of hydrogen-bond donors (Lipinski definition) is 0. The van der Waals surface area contributed by atoms with Crippen molar-refractivity contribution in [2.45, 2.75) is 5.41 Å². The van der Waals surface area contributed by atoms with E-state index < -0.39 is 5.41 Å². The Hall–Kier alpha value is -7.16. The van der Waals surface area contributed by atoms with Crippen LogP contribution in [0.15, 0.2) is 218 Å². The lowest BCUT2D eigenvalue weighted by molar-refractivity contribution is 0.769. The third-order valence-electron chi connectivity index (χ3n) is 11.0. The van der Waals surface area contributed by atoms with Crippen LogP contribution in [0.4, 0.5) is 0 Å². The first-order valence-corrected chi connectivity index (χ1v) is 18.8. The molecule has 0 spiro atoms. The number of fused-ring (bicyclic) bond motifs is 3. The number of nitrogens with zero attached hydrogens (tertiary/aromatic N) is 2. The Kier molecular flexibility index (Phi) is 8.08. The van der Waals surface area contributed by atoms with Gasteiger partial charge >= 0.3 is 0 Å². The lowest BCUT2D eigenvalue weighted by Gasteiger charge is -2.34. The SMILES string of the molecule is c1ccc(-c2cc(-c3ccccc3)nc(-c3ccc(-c4cccc(-c5ccc6c(c5)C(c5ccccc5)(c5ccccc5)c5ccccc5-6)c4)cc3)n2)cc1. The van der Waals surface area contributed by atoms with Crippen LogP contribution >= 0.6 is 0 Å². The normalized spacial score (nSPS) is 12.5. The van der Waals surface area contributed by atoms with Crippen LogP contribution < -0.4 is 0 Å². The largest absolute Gasteiger partial charge is 0.228 e. The summed E-state index contributed by atoms with van der Waals surface area (Å²) >= 11 is 0. The first-order chi connectivity index (χ1) is 27.3. The van der Waals surface area contributed by atoms with Crippen molar-refractivity contribution in [2.24, 2.45) is 0 Å². The number of hydrogen-bond acceptors (Lipinski definition) is 2. The topological polar surface area (TPSA) is 25.8 Å². The molecule has 2 heteroatoms. The van der Waals surface area contributed by atoms with E-state index >= 15 is 0 Å². The zero-order valence-electron chi connectivity index (χ0n) is 30.2. The van der Waals surface area contributed by atoms with Gasteiger partial charge in [0, 0.05) is 16.7 Å². The molecule has 1 aromatic heterocycles. The fourth-order valence-corrected chi connectivity index (χ4v) is 8.40. The summed E-state index contributed by atoms with van der Waals surface area (Å²) in [7, 11) is 0. The van der Waals surface area contributed by atoms with Crippen LogP contribution in [0.3, 0.4) is 0 Å². The fraction of sp³-hybridized carbons (Fsp3) is 0.0189. The summed E-state index contributed by atoms with van der Waals surface area (Å²) in [5.41, 5.74) is 16.9. The van der Waals surface area contributed by atoms with Crippen LogP contribution in [0.2, 0.25) is 0 Å². The number of benzene rings is 8. The molecule has 0 aliphatic heterocycles. The van der Waals surface area contributed by atoms with Crippen molar-refractivity contribution in [1.82, 2.24) is 9.97 Å². The van der Waals surface area contributed by atoms with Crippen molar-refractivity contribution in [3.8, 4) is 67.3 Å². The van der Waals surface area contributed by atoms with Gasteiger partial charge in [0.1, 0.15) is 0 Å². The molecule has 2 nitrogen and oxygen atoms in total. The molecular weight excluding hydrogens is 665 g/mol. The van der Waals surface area contributed by atoms with Crippen molar-refractivity contribution in [3.63, 3.8) is 0 Å². The highest BCUT2D eigenvalue weighted by atomic mass is 14.9. The van der Waals surface area contributed by atoms with E-state index in [1.165, 1.54) is 44.5 Å². The first-order valence-electron chi connectivity index (χ1n) is 18.8. The molecule has 8 aromatic carbocycles. The maximum absolute atomic E-state index is 5.04. The molecule has 0 N–H and O–H groups in total. The van der Waals surface area contributed by atoms with Crippen LogP contribution in [-0.4, -0.2) is 9.97 Å². The van der Waals surface area contributed by atoms with Gasteiger partial charge in [0.25, 0.3) is 0 Å². The molecule has 0 bridgehead atoms. The summed E-state index contributed by atoms with van der Waals surface area (Å²) < 4.78 is 0. The quantitative estimate of drug-likeness (QED) is 0.165. The molecule has 0 unspecified atom stereocenters. The van der Waals surface area contributed by atoms with Crippen molar-refractivity contribution < 1.29 is 0 Å². The van der Waals surface area contributed by atoms with Crippen molar-refractivity contribution in [3.05, 3.63) is 241 Å². The van der Waals surface area contributed by atoms with Gasteiger partial charge in [0.15, 0.2) is 5.82 Å². The Bertz CT molecular complexity index is 2680. The summed E-state index contributed by atoms with van der Waals surface area (Å²) in [6.07, 6.45) is 0. The molecule has 0 saturated carbocycles. The Morgan fingerprint density at radius 1 is 0.273 bits per heavy atom. The molecule has 258 valence electrons. The first kappa shape index (κ1) is 32.5. The second kappa shape index (κ2) is 13.7. The molecule has 0 radical (unpaired) electrons. The third-order valence-corrected chi connectivity index (χ3v) is 11.0. The van der Waals surface area contributed by atoms with E-state index in [4.69, 9.17) is 9.97 Å². The van der Waals surface area contributed by atoms with E-state index in [2.05, 4.69) is 182 Å². The molecule has 9 aromatic rings. The van der Waals surface area contributed by atoms with Gasteiger partial charge in [-0.2, -0.15) is 0 Å². The smallest absolute Gasteiger partial charge is 0.160 e. The van der Waals surface area contributed by atoms with E-state index in [0.717, 1.165) is 39.2 Å². The predicted molar refractivity (Wildman–Crippen MR) is 227 cm³/mol. The van der Waals surface area contributed by atoms with Crippen LogP contribution in [0, 0.1) is 0 Å². The second-order valence-electron chi connectivity index (χ2n) is 14.1. The average Bonchev–Trinajstić information content (AvgIpc) is 3.58. The lowest BCUT2D eigenvalue weighted by atomic mass is 9.67. The van der Waals surface area contributed by atoms with Crippen LogP contribution in [0.5, 0.6) is 0 Å². The van der Waals surface area contributed by atoms with E-state index in [9.17, 15) is 0 Å². The maximum Gasteiger partial charge on any atom is 0.160 e. The van der Waals surface area contributed by atoms with Gasteiger partial charge in [-0.1, -0.05) is 200 Å². The highest BCUT2D eigenvalue weighted by Gasteiger charge is 2.46. The van der Waals surface area contributed by atoms with Gasteiger partial charge in [0.2, 0.25) is 0 Å². The fourth-order valence-electron chi connectivity index (χ4n) is 8.40. The molecule has 0 atom stereocenters. The predicted octanol–water partition coefficient (Wildman–Crippen LogP) is 13.2. The molecule has 1 heterocycles. The summed E-state index contributed by atoms with van der Waals surface area (Å²) in [5, 5.41) is 0. The van der Waals surface area contributed by atoms with Crippen molar-refractivity contribution in [2.75, 3.05) is 0 Å². The van der Waals surface area contributed by atoms with Gasteiger partial charge < -0.3 is 0 Å². The summed E-state index contributed by atoms with van der Waals surface area (Å²) in [4.78, 5) is 10.1.